The minimum atomic E-state index is -3.02. The van der Waals surface area contributed by atoms with Crippen LogP contribution in [0.3, 0.4) is 0 Å². The second-order valence-corrected chi connectivity index (χ2v) is 16.2. The van der Waals surface area contributed by atoms with Gasteiger partial charge in [-0.1, -0.05) is 136 Å². The normalized spacial score (nSPS) is 12.5. The lowest BCUT2D eigenvalue weighted by Crippen LogP contribution is -2.59. The van der Waals surface area contributed by atoms with Gasteiger partial charge in [0.15, 0.2) is 5.16 Å². The highest BCUT2D eigenvalue weighted by Crippen LogP contribution is 2.25. The maximum Gasteiger partial charge on any atom is 0.524 e. The van der Waals surface area contributed by atoms with Gasteiger partial charge in [0.2, 0.25) is 11.9 Å². The van der Waals surface area contributed by atoms with Crippen molar-refractivity contribution < 1.29 is 13.3 Å². The summed E-state index contributed by atoms with van der Waals surface area (Å²) in [7, 11) is -3.02. The fraction of sp³-hybridized carbons (Fsp3) is 0.917. The molecule has 0 bridgehead atoms. The molecule has 1 aromatic heterocycles. The first-order chi connectivity index (χ1) is 22.5. The van der Waals surface area contributed by atoms with Crippen LogP contribution in [0.15, 0.2) is 5.16 Å². The molecule has 270 valence electrons. The Hall–Kier alpha value is -0.943. The summed E-state index contributed by atoms with van der Waals surface area (Å²) in [5.41, 5.74) is -0.149. The summed E-state index contributed by atoms with van der Waals surface area (Å²) in [4.78, 5) is 17.6. The molecule has 1 rings (SSSR count). The largest absolute Gasteiger partial charge is 0.524 e. The fourth-order valence-corrected chi connectivity index (χ4v) is 9.46. The Morgan fingerprint density at radius 1 is 0.587 bits per heavy atom. The SMILES string of the molecule is CCCCCCCCSc1nc(NC(CC)[Si](OCC)(OCC)OCC)nc(N(CCCCCCCC)CCCCCCCC)n1. The average Bonchev–Trinajstić information content (AvgIpc) is 3.05. The van der Waals surface area contributed by atoms with E-state index in [4.69, 9.17) is 28.2 Å². The summed E-state index contributed by atoms with van der Waals surface area (Å²) in [6, 6.07) is 0. The second-order valence-electron chi connectivity index (χ2n) is 12.4. The van der Waals surface area contributed by atoms with Gasteiger partial charge in [-0.2, -0.15) is 15.0 Å². The van der Waals surface area contributed by atoms with Crippen LogP contribution in [0.25, 0.3) is 0 Å². The predicted octanol–water partition coefficient (Wildman–Crippen LogP) is 10.6. The molecule has 8 nitrogen and oxygen atoms in total. The zero-order chi connectivity index (χ0) is 33.7. The molecule has 1 unspecified atom stereocenters. The molecular formula is C36H73N5O3SSi. The number of hydrogen-bond donors (Lipinski definition) is 1. The van der Waals surface area contributed by atoms with Crippen molar-refractivity contribution in [2.75, 3.05) is 48.9 Å². The maximum absolute atomic E-state index is 6.30. The van der Waals surface area contributed by atoms with Gasteiger partial charge in [0.05, 0.1) is 5.67 Å². The number of anilines is 2. The van der Waals surface area contributed by atoms with Crippen LogP contribution in [-0.2, 0) is 13.3 Å². The smallest absolute Gasteiger partial charge is 0.373 e. The lowest BCUT2D eigenvalue weighted by Gasteiger charge is -2.35. The highest BCUT2D eigenvalue weighted by Gasteiger charge is 2.49. The zero-order valence-electron chi connectivity index (χ0n) is 31.2. The quantitative estimate of drug-likeness (QED) is 0.0442. The van der Waals surface area contributed by atoms with Crippen LogP contribution < -0.4 is 10.2 Å². The van der Waals surface area contributed by atoms with E-state index < -0.39 is 8.80 Å². The third kappa shape index (κ3) is 18.6. The molecule has 0 spiro atoms. The van der Waals surface area contributed by atoms with Crippen LogP contribution >= 0.6 is 11.8 Å². The zero-order valence-corrected chi connectivity index (χ0v) is 33.0. The molecule has 1 heterocycles. The molecule has 0 aliphatic heterocycles. The summed E-state index contributed by atoms with van der Waals surface area (Å²) in [6.07, 6.45) is 23.8. The first-order valence-electron chi connectivity index (χ1n) is 19.4. The van der Waals surface area contributed by atoms with E-state index >= 15 is 0 Å². The molecule has 1 atom stereocenters. The van der Waals surface area contributed by atoms with Gasteiger partial charge in [0.25, 0.3) is 0 Å². The van der Waals surface area contributed by atoms with Crippen LogP contribution in [-0.4, -0.2) is 68.1 Å². The van der Waals surface area contributed by atoms with Crippen molar-refractivity contribution in [2.45, 2.75) is 181 Å². The molecule has 0 amide bonds. The topological polar surface area (TPSA) is 81.6 Å². The molecule has 0 radical (unpaired) electrons. The molecule has 1 aromatic rings. The van der Waals surface area contributed by atoms with Gasteiger partial charge in [-0.3, -0.25) is 0 Å². The van der Waals surface area contributed by atoms with E-state index in [0.29, 0.717) is 25.8 Å². The first-order valence-corrected chi connectivity index (χ1v) is 22.1. The van der Waals surface area contributed by atoms with Crippen LogP contribution in [0.1, 0.15) is 170 Å². The van der Waals surface area contributed by atoms with E-state index in [9.17, 15) is 0 Å². The lowest BCUT2D eigenvalue weighted by atomic mass is 10.1. The second kappa shape index (κ2) is 29.0. The summed E-state index contributed by atoms with van der Waals surface area (Å²) >= 11 is 1.77. The van der Waals surface area contributed by atoms with Gasteiger partial charge >= 0.3 is 8.80 Å². The molecule has 1 N–H and O–H groups in total. The van der Waals surface area contributed by atoms with Crippen molar-refractivity contribution in [3.63, 3.8) is 0 Å². The molecule has 10 heteroatoms. The van der Waals surface area contributed by atoms with Crippen molar-refractivity contribution in [3.8, 4) is 0 Å². The van der Waals surface area contributed by atoms with Crippen molar-refractivity contribution in [2.24, 2.45) is 0 Å². The van der Waals surface area contributed by atoms with Gasteiger partial charge in [-0.15, -0.1) is 0 Å². The van der Waals surface area contributed by atoms with Gasteiger partial charge in [0, 0.05) is 38.7 Å². The van der Waals surface area contributed by atoms with Crippen LogP contribution in [0, 0.1) is 0 Å². The Morgan fingerprint density at radius 3 is 1.50 bits per heavy atom. The number of nitrogens with zero attached hydrogens (tertiary/aromatic N) is 4. The van der Waals surface area contributed by atoms with Gasteiger partial charge < -0.3 is 23.5 Å². The molecule has 0 aliphatic carbocycles. The lowest BCUT2D eigenvalue weighted by molar-refractivity contribution is 0.0638. The average molecular weight is 684 g/mol. The van der Waals surface area contributed by atoms with Gasteiger partial charge in [0.1, 0.15) is 0 Å². The maximum atomic E-state index is 6.30. The van der Waals surface area contributed by atoms with Crippen molar-refractivity contribution in [1.82, 2.24) is 15.0 Å². The van der Waals surface area contributed by atoms with E-state index in [0.717, 1.165) is 36.4 Å². The van der Waals surface area contributed by atoms with E-state index in [1.54, 1.807) is 11.8 Å². The van der Waals surface area contributed by atoms with E-state index in [-0.39, 0.29) is 5.67 Å². The minimum absolute atomic E-state index is 0.149. The van der Waals surface area contributed by atoms with E-state index in [2.05, 4.69) is 37.9 Å². The highest BCUT2D eigenvalue weighted by molar-refractivity contribution is 7.99. The number of hydrogen-bond acceptors (Lipinski definition) is 9. The van der Waals surface area contributed by atoms with Crippen LogP contribution in [0.2, 0.25) is 0 Å². The molecule has 0 fully saturated rings. The number of aromatic nitrogens is 3. The highest BCUT2D eigenvalue weighted by atomic mass is 32.2. The van der Waals surface area contributed by atoms with E-state index in [1.165, 1.54) is 116 Å². The fourth-order valence-electron chi connectivity index (χ4n) is 5.77. The number of thioether (sulfide) groups is 1. The minimum Gasteiger partial charge on any atom is -0.373 e. The third-order valence-corrected chi connectivity index (χ3v) is 12.8. The summed E-state index contributed by atoms with van der Waals surface area (Å²) in [5.74, 6) is 2.43. The number of nitrogens with one attached hydrogen (secondary N) is 1. The standard InChI is InChI=1S/C36H73N5O3SSi/c1-8-15-18-21-24-27-30-41(31-28-25-22-19-16-9-2)35-38-34(39-36(40-35)45-32-29-26-23-20-17-10-3)37-33(11-4)46(42-12-5,43-13-6)44-14-7/h33H,8-32H2,1-7H3,(H,37,38,39,40). The Labute approximate surface area is 290 Å². The predicted molar refractivity (Wildman–Crippen MR) is 201 cm³/mol. The van der Waals surface area contributed by atoms with Crippen molar-refractivity contribution in [1.29, 1.82) is 0 Å². The van der Waals surface area contributed by atoms with E-state index in [1.807, 2.05) is 20.8 Å². The Bertz CT molecular complexity index is 808. The Kier molecular flexibility index (Phi) is 27.2. The van der Waals surface area contributed by atoms with Gasteiger partial charge in [-0.05, 0) is 46.5 Å². The molecular weight excluding hydrogens is 611 g/mol. The number of unbranched alkanes of at least 4 members (excludes halogenated alkanes) is 15. The molecule has 0 saturated heterocycles. The van der Waals surface area contributed by atoms with Crippen molar-refractivity contribution in [3.05, 3.63) is 0 Å². The molecule has 0 aromatic carbocycles. The summed E-state index contributed by atoms with van der Waals surface area (Å²) < 4.78 is 18.9. The molecule has 0 aliphatic rings. The Morgan fingerprint density at radius 2 is 1.04 bits per heavy atom. The van der Waals surface area contributed by atoms with Crippen LogP contribution in [0.4, 0.5) is 11.9 Å². The number of rotatable bonds is 33. The third-order valence-electron chi connectivity index (χ3n) is 8.35. The first kappa shape index (κ1) is 43.1. The summed E-state index contributed by atoms with van der Waals surface area (Å²) in [5, 5.41) is 4.46. The molecule has 46 heavy (non-hydrogen) atoms. The van der Waals surface area contributed by atoms with Crippen molar-refractivity contribution >= 4 is 32.5 Å². The summed E-state index contributed by atoms with van der Waals surface area (Å²) in [6.45, 7) is 18.6. The Balaban J connectivity index is 3.27. The monoisotopic (exact) mass is 684 g/mol. The van der Waals surface area contributed by atoms with Crippen LogP contribution in [0.5, 0.6) is 0 Å². The van der Waals surface area contributed by atoms with Gasteiger partial charge in [-0.25, -0.2) is 0 Å². The molecule has 0 saturated carbocycles.